The Morgan fingerprint density at radius 3 is 2.56 bits per heavy atom. The fourth-order valence-electron chi connectivity index (χ4n) is 2.78. The highest BCUT2D eigenvalue weighted by atomic mass is 32.2. The van der Waals surface area contributed by atoms with Crippen LogP contribution in [0, 0.1) is 11.6 Å². The maximum absolute atomic E-state index is 13.5. The fourth-order valence-corrected chi connectivity index (χ4v) is 4.92. The molecule has 1 heterocycles. The molecule has 1 aliphatic heterocycles. The molecule has 0 saturated heterocycles. The van der Waals surface area contributed by atoms with Crippen LogP contribution in [0.2, 0.25) is 0 Å². The lowest BCUT2D eigenvalue weighted by Gasteiger charge is -2.26. The molecule has 2 N–H and O–H groups in total. The standard InChI is InChI=1S/C18H18F2N2O3S2/c19-12-1-4-14(5-2-12)27(24,25)21-9-7-18(23)22-16-8-10-26-17-6-3-13(20)11-15(16)17/h1-6,11,16,21H,7-10H2,(H,22,23). The molecule has 5 nitrogen and oxygen atoms in total. The second kappa shape index (κ2) is 8.37. The monoisotopic (exact) mass is 412 g/mol. The van der Waals surface area contributed by atoms with Crippen molar-refractivity contribution in [2.75, 3.05) is 12.3 Å². The molecule has 0 spiro atoms. The second-order valence-corrected chi connectivity index (χ2v) is 8.94. The molecule has 0 aromatic heterocycles. The summed E-state index contributed by atoms with van der Waals surface area (Å²) >= 11 is 1.61. The number of carbonyl (C=O) groups is 1. The van der Waals surface area contributed by atoms with E-state index >= 15 is 0 Å². The van der Waals surface area contributed by atoms with Crippen LogP contribution >= 0.6 is 11.8 Å². The van der Waals surface area contributed by atoms with Crippen molar-refractivity contribution in [1.82, 2.24) is 10.0 Å². The first-order valence-electron chi connectivity index (χ1n) is 8.32. The number of fused-ring (bicyclic) bond motifs is 1. The van der Waals surface area contributed by atoms with E-state index in [1.165, 1.54) is 12.1 Å². The Kier molecular flexibility index (Phi) is 6.13. The molecule has 1 amide bonds. The number of hydrogen-bond acceptors (Lipinski definition) is 4. The van der Waals surface area contributed by atoms with E-state index in [0.29, 0.717) is 6.42 Å². The van der Waals surface area contributed by atoms with Crippen molar-refractivity contribution < 1.29 is 22.0 Å². The third kappa shape index (κ3) is 5.06. The summed E-state index contributed by atoms with van der Waals surface area (Å²) in [7, 11) is -3.81. The van der Waals surface area contributed by atoms with Gasteiger partial charge in [-0.3, -0.25) is 4.79 Å². The van der Waals surface area contributed by atoms with Gasteiger partial charge in [0, 0.05) is 23.6 Å². The molecule has 9 heteroatoms. The smallest absolute Gasteiger partial charge is 0.240 e. The fraction of sp³-hybridized carbons (Fsp3) is 0.278. The molecule has 1 atom stereocenters. The van der Waals surface area contributed by atoms with Crippen molar-refractivity contribution in [3.8, 4) is 0 Å². The van der Waals surface area contributed by atoms with E-state index in [1.54, 1.807) is 17.8 Å². The number of carbonyl (C=O) groups excluding carboxylic acids is 1. The first kappa shape index (κ1) is 19.8. The van der Waals surface area contributed by atoms with E-state index in [9.17, 15) is 22.0 Å². The van der Waals surface area contributed by atoms with Gasteiger partial charge in [-0.05, 0) is 54.4 Å². The summed E-state index contributed by atoms with van der Waals surface area (Å²) in [6.45, 7) is -0.0942. The zero-order valence-electron chi connectivity index (χ0n) is 14.2. The van der Waals surface area contributed by atoms with E-state index in [4.69, 9.17) is 0 Å². The number of thioether (sulfide) groups is 1. The summed E-state index contributed by atoms with van der Waals surface area (Å²) in [5.41, 5.74) is 0.742. The summed E-state index contributed by atoms with van der Waals surface area (Å²) < 4.78 is 52.9. The maximum Gasteiger partial charge on any atom is 0.240 e. The average molecular weight is 412 g/mol. The molecule has 144 valence electrons. The topological polar surface area (TPSA) is 75.3 Å². The third-order valence-electron chi connectivity index (χ3n) is 4.11. The van der Waals surface area contributed by atoms with Gasteiger partial charge in [-0.1, -0.05) is 0 Å². The third-order valence-corrected chi connectivity index (χ3v) is 6.71. The number of amides is 1. The van der Waals surface area contributed by atoms with Crippen molar-refractivity contribution in [3.05, 3.63) is 59.7 Å². The van der Waals surface area contributed by atoms with Gasteiger partial charge in [0.2, 0.25) is 15.9 Å². The minimum absolute atomic E-state index is 0.0608. The molecule has 0 saturated carbocycles. The molecule has 0 aliphatic carbocycles. The van der Waals surface area contributed by atoms with Gasteiger partial charge in [0.05, 0.1) is 10.9 Å². The van der Waals surface area contributed by atoms with Crippen LogP contribution in [0.1, 0.15) is 24.4 Å². The molecule has 27 heavy (non-hydrogen) atoms. The molecule has 1 unspecified atom stereocenters. The van der Waals surface area contributed by atoms with Crippen molar-refractivity contribution in [2.24, 2.45) is 0 Å². The Morgan fingerprint density at radius 2 is 1.81 bits per heavy atom. The van der Waals surface area contributed by atoms with Gasteiger partial charge in [-0.2, -0.15) is 0 Å². The van der Waals surface area contributed by atoms with Crippen LogP contribution in [0.15, 0.2) is 52.3 Å². The van der Waals surface area contributed by atoms with E-state index in [1.807, 2.05) is 0 Å². The molecule has 0 fully saturated rings. The highest BCUT2D eigenvalue weighted by Crippen LogP contribution is 2.36. The SMILES string of the molecule is O=C(CCNS(=O)(=O)c1ccc(F)cc1)NC1CCSc2ccc(F)cc21. The minimum atomic E-state index is -3.81. The molecule has 0 radical (unpaired) electrons. The molecular formula is C18H18F2N2O3S2. The Labute approximate surface area is 160 Å². The van der Waals surface area contributed by atoms with Crippen LogP contribution < -0.4 is 10.0 Å². The van der Waals surface area contributed by atoms with E-state index in [2.05, 4.69) is 10.0 Å². The Morgan fingerprint density at radius 1 is 1.11 bits per heavy atom. The number of nitrogens with one attached hydrogen (secondary N) is 2. The maximum atomic E-state index is 13.5. The lowest BCUT2D eigenvalue weighted by molar-refractivity contribution is -0.121. The Hall–Kier alpha value is -1.97. The predicted molar refractivity (Wildman–Crippen MR) is 98.8 cm³/mol. The first-order chi connectivity index (χ1) is 12.8. The van der Waals surface area contributed by atoms with Gasteiger partial charge >= 0.3 is 0 Å². The van der Waals surface area contributed by atoms with Crippen LogP contribution in [0.3, 0.4) is 0 Å². The number of hydrogen-bond donors (Lipinski definition) is 2. The van der Waals surface area contributed by atoms with Crippen LogP contribution in [0.4, 0.5) is 8.78 Å². The quantitative estimate of drug-likeness (QED) is 0.765. The normalized spacial score (nSPS) is 16.6. The lowest BCUT2D eigenvalue weighted by Crippen LogP contribution is -2.34. The van der Waals surface area contributed by atoms with Gasteiger partial charge in [0.25, 0.3) is 0 Å². The molecule has 2 aromatic rings. The summed E-state index contributed by atoms with van der Waals surface area (Å²) in [6, 6.07) is 8.64. The van der Waals surface area contributed by atoms with Crippen molar-refractivity contribution >= 4 is 27.7 Å². The average Bonchev–Trinajstić information content (AvgIpc) is 2.62. The van der Waals surface area contributed by atoms with Crippen molar-refractivity contribution in [3.63, 3.8) is 0 Å². The molecule has 0 bridgehead atoms. The summed E-state index contributed by atoms with van der Waals surface area (Å²) in [5.74, 6) is -0.414. The lowest BCUT2D eigenvalue weighted by atomic mass is 10.0. The van der Waals surface area contributed by atoms with Gasteiger partial charge in [-0.25, -0.2) is 21.9 Å². The molecule has 2 aromatic carbocycles. The van der Waals surface area contributed by atoms with E-state index < -0.39 is 15.8 Å². The van der Waals surface area contributed by atoms with Crippen LogP contribution in [-0.4, -0.2) is 26.6 Å². The molecule has 3 rings (SSSR count). The highest BCUT2D eigenvalue weighted by molar-refractivity contribution is 7.99. The number of halogens is 2. The van der Waals surface area contributed by atoms with Gasteiger partial charge in [0.15, 0.2) is 0 Å². The predicted octanol–water partition coefficient (Wildman–Crippen LogP) is 2.99. The zero-order valence-corrected chi connectivity index (χ0v) is 15.9. The van der Waals surface area contributed by atoms with Gasteiger partial charge in [-0.15, -0.1) is 11.8 Å². The largest absolute Gasteiger partial charge is 0.349 e. The van der Waals surface area contributed by atoms with E-state index in [0.717, 1.165) is 40.5 Å². The summed E-state index contributed by atoms with van der Waals surface area (Å²) in [5, 5.41) is 2.83. The summed E-state index contributed by atoms with van der Waals surface area (Å²) in [4.78, 5) is 13.0. The van der Waals surface area contributed by atoms with Crippen LogP contribution in [0.5, 0.6) is 0 Å². The summed E-state index contributed by atoms with van der Waals surface area (Å²) in [6.07, 6.45) is 0.614. The first-order valence-corrected chi connectivity index (χ1v) is 10.8. The van der Waals surface area contributed by atoms with Crippen molar-refractivity contribution in [2.45, 2.75) is 28.7 Å². The zero-order chi connectivity index (χ0) is 19.4. The molecule has 1 aliphatic rings. The van der Waals surface area contributed by atoms with Crippen LogP contribution in [-0.2, 0) is 14.8 Å². The van der Waals surface area contributed by atoms with Gasteiger partial charge < -0.3 is 5.32 Å². The van der Waals surface area contributed by atoms with Crippen molar-refractivity contribution in [1.29, 1.82) is 0 Å². The van der Waals surface area contributed by atoms with E-state index in [-0.39, 0.29) is 35.6 Å². The van der Waals surface area contributed by atoms with Crippen LogP contribution in [0.25, 0.3) is 0 Å². The Bertz CT molecular complexity index is 934. The number of benzene rings is 2. The number of rotatable bonds is 6. The number of sulfonamides is 1. The highest BCUT2D eigenvalue weighted by Gasteiger charge is 2.23. The second-order valence-electron chi connectivity index (χ2n) is 6.04. The molecular weight excluding hydrogens is 394 g/mol. The Balaban J connectivity index is 1.55. The minimum Gasteiger partial charge on any atom is -0.349 e. The van der Waals surface area contributed by atoms with Gasteiger partial charge in [0.1, 0.15) is 11.6 Å².